The Balaban J connectivity index is 1.70. The molecule has 3 rings (SSSR count). The summed E-state index contributed by atoms with van der Waals surface area (Å²) >= 11 is 6.08. The number of ether oxygens (including phenoxy) is 3. The Labute approximate surface area is 140 Å². The summed E-state index contributed by atoms with van der Waals surface area (Å²) in [5.74, 6) is 1.07. The Morgan fingerprint density at radius 2 is 2.26 bits per heavy atom. The van der Waals surface area contributed by atoms with Crippen LogP contribution in [0.25, 0.3) is 0 Å². The summed E-state index contributed by atoms with van der Waals surface area (Å²) in [6, 6.07) is 3.28. The molecule has 1 fully saturated rings. The Kier molecular flexibility index (Phi) is 5.25. The van der Waals surface area contributed by atoms with Crippen LogP contribution in [0.4, 0.5) is 0 Å². The molecule has 7 heteroatoms. The van der Waals surface area contributed by atoms with Crippen LogP contribution in [0.3, 0.4) is 0 Å². The van der Waals surface area contributed by atoms with E-state index in [1.165, 1.54) is 0 Å². The van der Waals surface area contributed by atoms with Crippen molar-refractivity contribution in [3.8, 4) is 11.5 Å². The molecule has 0 spiro atoms. The van der Waals surface area contributed by atoms with Crippen molar-refractivity contribution in [3.05, 3.63) is 22.7 Å². The zero-order valence-electron chi connectivity index (χ0n) is 13.1. The monoisotopic (exact) mass is 340 g/mol. The second kappa shape index (κ2) is 7.38. The van der Waals surface area contributed by atoms with Gasteiger partial charge in [0.15, 0.2) is 11.5 Å². The van der Waals surface area contributed by atoms with Crippen molar-refractivity contribution < 1.29 is 19.0 Å². The lowest BCUT2D eigenvalue weighted by molar-refractivity contribution is 0.0337. The first-order valence-electron chi connectivity index (χ1n) is 7.80. The summed E-state index contributed by atoms with van der Waals surface area (Å²) in [6.07, 6.45) is 1.07. The number of methoxy groups -OCH3 is 1. The lowest BCUT2D eigenvalue weighted by atomic mass is 9.95. The van der Waals surface area contributed by atoms with Crippen molar-refractivity contribution in [2.24, 2.45) is 5.92 Å². The molecule has 2 heterocycles. The highest BCUT2D eigenvalue weighted by Gasteiger charge is 2.27. The van der Waals surface area contributed by atoms with E-state index in [9.17, 15) is 4.79 Å². The van der Waals surface area contributed by atoms with E-state index >= 15 is 0 Å². The number of amides is 1. The molecule has 126 valence electrons. The SMILES string of the molecule is CO[C@H]1CNCC[C@H]1CNC(=O)c1cc(Cl)cc2c1OCCO2. The normalized spacial score (nSPS) is 23.4. The predicted octanol–water partition coefficient (Wildman–Crippen LogP) is 1.47. The van der Waals surface area contributed by atoms with E-state index in [-0.39, 0.29) is 17.9 Å². The molecule has 1 saturated heterocycles. The van der Waals surface area contributed by atoms with Gasteiger partial charge in [0, 0.05) is 37.2 Å². The first kappa shape index (κ1) is 16.4. The first-order valence-corrected chi connectivity index (χ1v) is 8.17. The number of benzene rings is 1. The fraction of sp³-hybridized carbons (Fsp3) is 0.562. The quantitative estimate of drug-likeness (QED) is 0.868. The highest BCUT2D eigenvalue weighted by molar-refractivity contribution is 6.31. The maximum absolute atomic E-state index is 12.5. The van der Waals surface area contributed by atoms with Gasteiger partial charge in [-0.3, -0.25) is 4.79 Å². The number of rotatable bonds is 4. The summed E-state index contributed by atoms with van der Waals surface area (Å²) in [4.78, 5) is 12.5. The number of fused-ring (bicyclic) bond motifs is 1. The molecule has 23 heavy (non-hydrogen) atoms. The minimum Gasteiger partial charge on any atom is -0.486 e. The second-order valence-corrected chi connectivity index (χ2v) is 6.15. The van der Waals surface area contributed by atoms with Crippen molar-refractivity contribution in [1.82, 2.24) is 10.6 Å². The van der Waals surface area contributed by atoms with Gasteiger partial charge in [0.25, 0.3) is 5.91 Å². The Hall–Kier alpha value is -1.50. The molecule has 0 radical (unpaired) electrons. The van der Waals surface area contributed by atoms with Crippen molar-refractivity contribution >= 4 is 17.5 Å². The van der Waals surface area contributed by atoms with E-state index in [1.807, 2.05) is 0 Å². The molecule has 2 aliphatic heterocycles. The minimum absolute atomic E-state index is 0.108. The van der Waals surface area contributed by atoms with Gasteiger partial charge in [0.1, 0.15) is 13.2 Å². The van der Waals surface area contributed by atoms with E-state index in [2.05, 4.69) is 10.6 Å². The third-order valence-electron chi connectivity index (χ3n) is 4.24. The molecular weight excluding hydrogens is 320 g/mol. The first-order chi connectivity index (χ1) is 11.2. The maximum Gasteiger partial charge on any atom is 0.255 e. The van der Waals surface area contributed by atoms with Gasteiger partial charge >= 0.3 is 0 Å². The van der Waals surface area contributed by atoms with Crippen LogP contribution in [0.5, 0.6) is 11.5 Å². The molecule has 1 aromatic rings. The lowest BCUT2D eigenvalue weighted by Crippen LogP contribution is -2.46. The van der Waals surface area contributed by atoms with E-state index in [4.69, 9.17) is 25.8 Å². The van der Waals surface area contributed by atoms with Gasteiger partial charge in [0.2, 0.25) is 0 Å². The molecular formula is C16H21ClN2O4. The summed E-state index contributed by atoms with van der Waals surface area (Å²) in [5.41, 5.74) is 0.412. The van der Waals surface area contributed by atoms with Crippen LogP contribution in [0, 0.1) is 5.92 Å². The number of hydrogen-bond donors (Lipinski definition) is 2. The number of nitrogens with one attached hydrogen (secondary N) is 2. The lowest BCUT2D eigenvalue weighted by Gasteiger charge is -2.31. The predicted molar refractivity (Wildman–Crippen MR) is 86.5 cm³/mol. The molecule has 6 nitrogen and oxygen atoms in total. The summed E-state index contributed by atoms with van der Waals surface area (Å²) in [5, 5.41) is 6.72. The van der Waals surface area contributed by atoms with Crippen molar-refractivity contribution in [2.45, 2.75) is 12.5 Å². The molecule has 0 aromatic heterocycles. The molecule has 2 N–H and O–H groups in total. The third kappa shape index (κ3) is 3.71. The number of halogens is 1. The van der Waals surface area contributed by atoms with Crippen molar-refractivity contribution in [2.75, 3.05) is 40.0 Å². The summed E-state index contributed by atoms with van der Waals surface area (Å²) in [7, 11) is 1.70. The zero-order chi connectivity index (χ0) is 16.2. The summed E-state index contributed by atoms with van der Waals surface area (Å²) in [6.45, 7) is 3.18. The summed E-state index contributed by atoms with van der Waals surface area (Å²) < 4.78 is 16.6. The van der Waals surface area contributed by atoms with Crippen LogP contribution in [0.2, 0.25) is 5.02 Å². The maximum atomic E-state index is 12.5. The second-order valence-electron chi connectivity index (χ2n) is 5.71. The molecule has 1 amide bonds. The van der Waals surface area contributed by atoms with Gasteiger partial charge < -0.3 is 24.8 Å². The highest BCUT2D eigenvalue weighted by atomic mass is 35.5. The number of hydrogen-bond acceptors (Lipinski definition) is 5. The van der Waals surface area contributed by atoms with Crippen LogP contribution in [-0.2, 0) is 4.74 Å². The molecule has 0 saturated carbocycles. The molecule has 2 aliphatic rings. The highest BCUT2D eigenvalue weighted by Crippen LogP contribution is 2.36. The molecule has 2 atom stereocenters. The van der Waals surface area contributed by atoms with Crippen LogP contribution in [-0.4, -0.2) is 52.0 Å². The smallest absolute Gasteiger partial charge is 0.255 e. The fourth-order valence-electron chi connectivity index (χ4n) is 3.00. The standard InChI is InChI=1S/C16H21ClN2O4/c1-21-14-9-18-3-2-10(14)8-19-16(20)12-6-11(17)7-13-15(12)23-5-4-22-13/h6-7,10,14,18H,2-5,8-9H2,1H3,(H,19,20)/t10-,14-/m0/s1. The van der Waals surface area contributed by atoms with Crippen LogP contribution < -0.4 is 20.1 Å². The average Bonchev–Trinajstić information content (AvgIpc) is 2.59. The molecule has 1 aromatic carbocycles. The molecule has 0 aliphatic carbocycles. The largest absolute Gasteiger partial charge is 0.486 e. The Bertz CT molecular complexity index is 581. The van der Waals surface area contributed by atoms with Gasteiger partial charge in [-0.2, -0.15) is 0 Å². The van der Waals surface area contributed by atoms with Gasteiger partial charge in [-0.25, -0.2) is 0 Å². The van der Waals surface area contributed by atoms with E-state index < -0.39 is 0 Å². The topological polar surface area (TPSA) is 68.8 Å². The van der Waals surface area contributed by atoms with Gasteiger partial charge in [-0.1, -0.05) is 11.6 Å². The molecule has 0 bridgehead atoms. The minimum atomic E-state index is -0.206. The number of carbonyl (C=O) groups is 1. The number of carbonyl (C=O) groups excluding carboxylic acids is 1. The van der Waals surface area contributed by atoms with Crippen LogP contribution in [0.15, 0.2) is 12.1 Å². The Morgan fingerprint density at radius 1 is 1.43 bits per heavy atom. The van der Waals surface area contributed by atoms with Gasteiger partial charge in [0.05, 0.1) is 11.7 Å². The van der Waals surface area contributed by atoms with Crippen LogP contribution >= 0.6 is 11.6 Å². The van der Waals surface area contributed by atoms with Gasteiger partial charge in [-0.15, -0.1) is 0 Å². The third-order valence-corrected chi connectivity index (χ3v) is 4.46. The number of piperidine rings is 1. The van der Waals surface area contributed by atoms with E-state index in [0.717, 1.165) is 19.5 Å². The average molecular weight is 341 g/mol. The van der Waals surface area contributed by atoms with Crippen molar-refractivity contribution in [1.29, 1.82) is 0 Å². The van der Waals surface area contributed by atoms with Crippen molar-refractivity contribution in [3.63, 3.8) is 0 Å². The zero-order valence-corrected chi connectivity index (χ0v) is 13.8. The van der Waals surface area contributed by atoms with Gasteiger partial charge in [-0.05, 0) is 19.0 Å². The fourth-order valence-corrected chi connectivity index (χ4v) is 3.21. The van der Waals surface area contributed by atoms with Crippen LogP contribution in [0.1, 0.15) is 16.8 Å². The van der Waals surface area contributed by atoms with E-state index in [0.29, 0.717) is 41.8 Å². The van der Waals surface area contributed by atoms with E-state index in [1.54, 1.807) is 19.2 Å². The molecule has 0 unspecified atom stereocenters. The Morgan fingerprint density at radius 3 is 3.09 bits per heavy atom.